The van der Waals surface area contributed by atoms with Gasteiger partial charge in [-0.3, -0.25) is 4.90 Å². The van der Waals surface area contributed by atoms with Gasteiger partial charge in [-0.05, 0) is 18.2 Å². The summed E-state index contributed by atoms with van der Waals surface area (Å²) in [5.74, 6) is 6.19. The van der Waals surface area contributed by atoms with E-state index < -0.39 is 0 Å². The van der Waals surface area contributed by atoms with Crippen molar-refractivity contribution in [2.45, 2.75) is 0 Å². The van der Waals surface area contributed by atoms with Crippen LogP contribution in [0.1, 0.15) is 5.56 Å². The van der Waals surface area contributed by atoms with Crippen molar-refractivity contribution in [3.05, 3.63) is 29.8 Å². The second-order valence-electron chi connectivity index (χ2n) is 4.39. The van der Waals surface area contributed by atoms with Crippen LogP contribution in [0, 0.1) is 11.8 Å². The lowest BCUT2D eigenvalue weighted by atomic mass is 10.2. The molecule has 2 N–H and O–H groups in total. The third-order valence-corrected chi connectivity index (χ3v) is 2.85. The van der Waals surface area contributed by atoms with E-state index in [9.17, 15) is 0 Å². The van der Waals surface area contributed by atoms with Crippen molar-refractivity contribution < 1.29 is 19.7 Å². The minimum Gasteiger partial charge on any atom is -0.492 e. The number of nitrogens with zero attached hydrogens (tertiary/aromatic N) is 1. The van der Waals surface area contributed by atoms with Gasteiger partial charge in [0.05, 0.1) is 13.2 Å². The van der Waals surface area contributed by atoms with Crippen molar-refractivity contribution in [3.63, 3.8) is 0 Å². The highest BCUT2D eigenvalue weighted by Crippen LogP contribution is 2.12. The first-order chi connectivity index (χ1) is 10.3. The van der Waals surface area contributed by atoms with E-state index in [2.05, 4.69) is 16.7 Å². The molecule has 0 atom stereocenters. The second-order valence-corrected chi connectivity index (χ2v) is 4.39. The molecule has 0 aromatic heterocycles. The molecule has 0 amide bonds. The molecule has 116 valence electrons. The van der Waals surface area contributed by atoms with E-state index in [1.165, 1.54) is 0 Å². The fraction of sp³-hybridized carbons (Fsp3) is 0.500. The summed E-state index contributed by atoms with van der Waals surface area (Å²) in [5, 5.41) is 17.7. The first-order valence-electron chi connectivity index (χ1n) is 6.95. The van der Waals surface area contributed by atoms with Crippen LogP contribution in [-0.4, -0.2) is 68.3 Å². The van der Waals surface area contributed by atoms with Crippen LogP contribution < -0.4 is 4.74 Å². The molecule has 0 aliphatic rings. The third kappa shape index (κ3) is 7.69. The van der Waals surface area contributed by atoms with E-state index in [4.69, 9.17) is 19.7 Å². The Hall–Kier alpha value is -1.58. The maximum Gasteiger partial charge on any atom is 0.120 e. The second kappa shape index (κ2) is 11.1. The van der Waals surface area contributed by atoms with Gasteiger partial charge in [0.1, 0.15) is 19.0 Å². The molecule has 0 fully saturated rings. The highest BCUT2D eigenvalue weighted by Gasteiger charge is 2.04. The predicted molar refractivity (Wildman–Crippen MR) is 81.3 cm³/mol. The van der Waals surface area contributed by atoms with Crippen LogP contribution in [0.5, 0.6) is 5.75 Å². The van der Waals surface area contributed by atoms with Gasteiger partial charge in [-0.2, -0.15) is 0 Å². The summed E-state index contributed by atoms with van der Waals surface area (Å²) >= 11 is 0. The lowest BCUT2D eigenvalue weighted by molar-refractivity contribution is 0.118. The SMILES string of the molecule is COCCN(CCO)CCOc1cccc(C#CCO)c1. The number of hydrogen-bond acceptors (Lipinski definition) is 5. The number of hydrogen-bond donors (Lipinski definition) is 2. The molecule has 0 aliphatic carbocycles. The van der Waals surface area contributed by atoms with Crippen molar-refractivity contribution >= 4 is 0 Å². The van der Waals surface area contributed by atoms with Crippen LogP contribution in [0.25, 0.3) is 0 Å². The molecule has 1 aromatic rings. The van der Waals surface area contributed by atoms with E-state index in [0.717, 1.165) is 24.4 Å². The summed E-state index contributed by atoms with van der Waals surface area (Å²) < 4.78 is 10.7. The number of rotatable bonds is 9. The maximum absolute atomic E-state index is 9.01. The van der Waals surface area contributed by atoms with Crippen LogP contribution >= 0.6 is 0 Å². The Bertz CT molecular complexity index is 453. The van der Waals surface area contributed by atoms with Gasteiger partial charge in [0, 0.05) is 32.3 Å². The molecule has 0 heterocycles. The molecule has 1 rings (SSSR count). The summed E-state index contributed by atoms with van der Waals surface area (Å²) in [6, 6.07) is 7.45. The molecular weight excluding hydrogens is 270 g/mol. The summed E-state index contributed by atoms with van der Waals surface area (Å²) in [4.78, 5) is 2.08. The van der Waals surface area contributed by atoms with Gasteiger partial charge < -0.3 is 19.7 Å². The van der Waals surface area contributed by atoms with Crippen LogP contribution in [0.15, 0.2) is 24.3 Å². The van der Waals surface area contributed by atoms with Crippen molar-refractivity contribution in [1.82, 2.24) is 4.90 Å². The summed E-state index contributed by atoms with van der Waals surface area (Å²) in [7, 11) is 1.66. The number of methoxy groups -OCH3 is 1. The van der Waals surface area contributed by atoms with Crippen molar-refractivity contribution in [2.75, 3.05) is 53.2 Å². The molecule has 5 nitrogen and oxygen atoms in total. The zero-order valence-electron chi connectivity index (χ0n) is 12.4. The molecule has 0 spiro atoms. The molecule has 0 unspecified atom stereocenters. The van der Waals surface area contributed by atoms with Gasteiger partial charge in [-0.15, -0.1) is 0 Å². The Kier molecular flexibility index (Phi) is 9.25. The van der Waals surface area contributed by atoms with Gasteiger partial charge >= 0.3 is 0 Å². The monoisotopic (exact) mass is 293 g/mol. The fourth-order valence-electron chi connectivity index (χ4n) is 1.80. The minimum absolute atomic E-state index is 0.121. The lowest BCUT2D eigenvalue weighted by Crippen LogP contribution is -2.33. The zero-order valence-corrected chi connectivity index (χ0v) is 12.4. The van der Waals surface area contributed by atoms with Gasteiger partial charge in [0.15, 0.2) is 0 Å². The summed E-state index contributed by atoms with van der Waals surface area (Å²) in [6.45, 7) is 3.22. The van der Waals surface area contributed by atoms with E-state index in [-0.39, 0.29) is 13.2 Å². The normalized spacial score (nSPS) is 10.3. The Morgan fingerprint density at radius 1 is 1.14 bits per heavy atom. The lowest BCUT2D eigenvalue weighted by Gasteiger charge is -2.20. The number of benzene rings is 1. The molecule has 0 bridgehead atoms. The number of aliphatic hydroxyl groups is 2. The average molecular weight is 293 g/mol. The number of ether oxygens (including phenoxy) is 2. The predicted octanol–water partition coefficient (Wildman–Crippen LogP) is 0.350. The molecular formula is C16H23NO4. The van der Waals surface area contributed by atoms with Gasteiger partial charge in [-0.25, -0.2) is 0 Å². The highest BCUT2D eigenvalue weighted by atomic mass is 16.5. The minimum atomic E-state index is -0.152. The van der Waals surface area contributed by atoms with E-state index in [0.29, 0.717) is 19.8 Å². The van der Waals surface area contributed by atoms with E-state index >= 15 is 0 Å². The van der Waals surface area contributed by atoms with Crippen LogP contribution in [0.2, 0.25) is 0 Å². The average Bonchev–Trinajstić information content (AvgIpc) is 2.51. The Morgan fingerprint density at radius 2 is 1.95 bits per heavy atom. The van der Waals surface area contributed by atoms with E-state index in [1.807, 2.05) is 24.3 Å². The van der Waals surface area contributed by atoms with Gasteiger partial charge in [0.25, 0.3) is 0 Å². The molecule has 5 heteroatoms. The molecule has 0 saturated carbocycles. The molecule has 21 heavy (non-hydrogen) atoms. The summed E-state index contributed by atoms with van der Waals surface area (Å²) in [6.07, 6.45) is 0. The molecule has 0 radical (unpaired) electrons. The first kappa shape index (κ1) is 17.5. The van der Waals surface area contributed by atoms with Crippen LogP contribution in [-0.2, 0) is 4.74 Å². The van der Waals surface area contributed by atoms with Crippen LogP contribution in [0.3, 0.4) is 0 Å². The van der Waals surface area contributed by atoms with Gasteiger partial charge in [-0.1, -0.05) is 17.9 Å². The quantitative estimate of drug-likeness (QED) is 0.643. The Balaban J connectivity index is 2.42. The first-order valence-corrected chi connectivity index (χ1v) is 6.95. The highest BCUT2D eigenvalue weighted by molar-refractivity contribution is 5.39. The molecule has 1 aromatic carbocycles. The van der Waals surface area contributed by atoms with Crippen molar-refractivity contribution in [3.8, 4) is 17.6 Å². The van der Waals surface area contributed by atoms with Crippen molar-refractivity contribution in [1.29, 1.82) is 0 Å². The van der Waals surface area contributed by atoms with Gasteiger partial charge in [0.2, 0.25) is 0 Å². The fourth-order valence-corrected chi connectivity index (χ4v) is 1.80. The third-order valence-electron chi connectivity index (χ3n) is 2.85. The van der Waals surface area contributed by atoms with E-state index in [1.54, 1.807) is 7.11 Å². The molecule has 0 saturated heterocycles. The zero-order chi connectivity index (χ0) is 15.3. The topological polar surface area (TPSA) is 62.2 Å². The smallest absolute Gasteiger partial charge is 0.120 e. The molecule has 0 aliphatic heterocycles. The number of aliphatic hydroxyl groups excluding tert-OH is 2. The Morgan fingerprint density at radius 3 is 2.67 bits per heavy atom. The largest absolute Gasteiger partial charge is 0.492 e. The van der Waals surface area contributed by atoms with Crippen molar-refractivity contribution in [2.24, 2.45) is 0 Å². The standard InChI is InChI=1S/C16H23NO4/c1-20-12-8-17(7-11-19)9-13-21-16-6-2-4-15(14-16)5-3-10-18/h2,4,6,14,18-19H,7-13H2,1H3. The Labute approximate surface area is 126 Å². The summed E-state index contributed by atoms with van der Waals surface area (Å²) in [5.41, 5.74) is 0.813. The van der Waals surface area contributed by atoms with Crippen LogP contribution in [0.4, 0.5) is 0 Å². The maximum atomic E-state index is 9.01.